The summed E-state index contributed by atoms with van der Waals surface area (Å²) in [5.74, 6) is 0.243. The van der Waals surface area contributed by atoms with Crippen LogP contribution in [0.4, 0.5) is 24.7 Å². The van der Waals surface area contributed by atoms with E-state index in [4.69, 9.17) is 16.3 Å². The highest BCUT2D eigenvalue weighted by Gasteiger charge is 2.45. The van der Waals surface area contributed by atoms with E-state index >= 15 is 0 Å². The predicted molar refractivity (Wildman–Crippen MR) is 123 cm³/mol. The molecule has 0 amide bonds. The molecule has 0 saturated carbocycles. The molecule has 1 atom stereocenters. The molecule has 0 radical (unpaired) electrons. The summed E-state index contributed by atoms with van der Waals surface area (Å²) < 4.78 is 47.9. The van der Waals surface area contributed by atoms with E-state index in [9.17, 15) is 18.4 Å². The van der Waals surface area contributed by atoms with E-state index in [1.54, 1.807) is 12.1 Å². The molecule has 0 aliphatic carbocycles. The van der Waals surface area contributed by atoms with E-state index in [-0.39, 0.29) is 18.0 Å². The van der Waals surface area contributed by atoms with Gasteiger partial charge in [-0.2, -0.15) is 18.4 Å². The summed E-state index contributed by atoms with van der Waals surface area (Å²) >= 11 is 6.43. The van der Waals surface area contributed by atoms with Crippen molar-refractivity contribution in [3.8, 4) is 6.07 Å². The molecule has 1 N–H and O–H groups in total. The Morgan fingerprint density at radius 1 is 1.18 bits per heavy atom. The zero-order valence-corrected chi connectivity index (χ0v) is 19.8. The smallest absolute Gasteiger partial charge is 0.367 e. The van der Waals surface area contributed by atoms with Crippen molar-refractivity contribution in [3.63, 3.8) is 0 Å². The van der Waals surface area contributed by atoms with Crippen molar-refractivity contribution in [2.45, 2.75) is 43.7 Å². The molecule has 11 heteroatoms. The summed E-state index contributed by atoms with van der Waals surface area (Å²) in [5.41, 5.74) is -1.76. The summed E-state index contributed by atoms with van der Waals surface area (Å²) in [6.45, 7) is 7.74. The topological polar surface area (TPSA) is 67.7 Å². The Morgan fingerprint density at radius 2 is 1.85 bits per heavy atom. The number of hydrogen-bond donors (Lipinski definition) is 1. The van der Waals surface area contributed by atoms with Gasteiger partial charge in [0.15, 0.2) is 5.69 Å². The van der Waals surface area contributed by atoms with Crippen LogP contribution < -0.4 is 15.1 Å². The van der Waals surface area contributed by atoms with E-state index < -0.39 is 23.0 Å². The third-order valence-corrected chi connectivity index (χ3v) is 7.83. The lowest BCUT2D eigenvalue weighted by Crippen LogP contribution is -2.63. The number of nitrogens with one attached hydrogen (secondary N) is 1. The van der Waals surface area contributed by atoms with E-state index in [0.717, 1.165) is 26.2 Å². The van der Waals surface area contributed by atoms with E-state index in [2.05, 4.69) is 15.2 Å². The van der Waals surface area contributed by atoms with Crippen LogP contribution in [0.3, 0.4) is 0 Å². The van der Waals surface area contributed by atoms with Gasteiger partial charge in [0.25, 0.3) is 0 Å². The molecule has 1 aromatic heterocycles. The molecule has 34 heavy (non-hydrogen) atoms. The third kappa shape index (κ3) is 4.24. The first kappa shape index (κ1) is 23.7. The summed E-state index contributed by atoms with van der Waals surface area (Å²) in [4.78, 5) is 10.0. The fourth-order valence-corrected chi connectivity index (χ4v) is 5.84. The molecule has 184 valence electrons. The van der Waals surface area contributed by atoms with Gasteiger partial charge in [-0.25, -0.2) is 4.98 Å². The molecule has 5 rings (SSSR count). The molecule has 1 unspecified atom stereocenters. The average Bonchev–Trinajstić information content (AvgIpc) is 3.05. The number of ether oxygens (including phenoxy) is 1. The number of aromatic nitrogens is 1. The summed E-state index contributed by atoms with van der Waals surface area (Å²) in [7, 11) is 0. The standard InChI is InChI=1S/C23H28ClF3N6O/c1-15-10-19(24)22(34-15)2-6-32(7-3-22)20-11-18(17(12-28)21(30-20)23(25,26)27)33-13-16(14-33)31-8-4-29-5-9-31/h10-11,15-16,29H,2-9,13-14H2,1H3. The molecule has 3 fully saturated rings. The molecule has 1 spiro atoms. The number of piperidine rings is 1. The molecule has 0 bridgehead atoms. The van der Waals surface area contributed by atoms with E-state index in [1.807, 2.05) is 22.8 Å². The van der Waals surface area contributed by atoms with Gasteiger partial charge in [0.05, 0.1) is 11.8 Å². The SMILES string of the molecule is CC1C=C(Cl)C2(CCN(c3cc(N4CC(N5CCNCC5)C4)c(C#N)c(C(F)(F)F)n3)CC2)O1. The Kier molecular flexibility index (Phi) is 6.17. The minimum atomic E-state index is -4.72. The quantitative estimate of drug-likeness (QED) is 0.690. The number of nitrogens with zero attached hydrogens (tertiary/aromatic N) is 5. The van der Waals surface area contributed by atoms with Crippen LogP contribution in [0.15, 0.2) is 17.2 Å². The Bertz CT molecular complexity index is 1010. The Hall–Kier alpha value is -2.06. The minimum absolute atomic E-state index is 0.0782. The zero-order valence-electron chi connectivity index (χ0n) is 19.0. The van der Waals surface area contributed by atoms with Gasteiger partial charge in [-0.3, -0.25) is 4.90 Å². The molecule has 4 aliphatic rings. The first-order chi connectivity index (χ1) is 16.2. The molecule has 1 aromatic rings. The van der Waals surface area contributed by atoms with Crippen LogP contribution in [0.25, 0.3) is 0 Å². The lowest BCUT2D eigenvalue weighted by atomic mass is 9.91. The third-order valence-electron chi connectivity index (χ3n) is 7.36. The maximum absolute atomic E-state index is 13.9. The molecule has 3 saturated heterocycles. The lowest BCUT2D eigenvalue weighted by molar-refractivity contribution is -0.141. The maximum atomic E-state index is 13.9. The molecule has 0 aromatic carbocycles. The highest BCUT2D eigenvalue weighted by atomic mass is 35.5. The van der Waals surface area contributed by atoms with E-state index in [1.165, 1.54) is 0 Å². The average molecular weight is 497 g/mol. The van der Waals surface area contributed by atoms with Crippen LogP contribution in [-0.2, 0) is 10.9 Å². The lowest BCUT2D eigenvalue weighted by Gasteiger charge is -2.48. The van der Waals surface area contributed by atoms with Crippen molar-refractivity contribution in [2.75, 3.05) is 62.2 Å². The Morgan fingerprint density at radius 3 is 2.41 bits per heavy atom. The number of piperazine rings is 1. The van der Waals surface area contributed by atoms with Crippen LogP contribution in [-0.4, -0.2) is 80.0 Å². The summed E-state index contributed by atoms with van der Waals surface area (Å²) in [6.07, 6.45) is -1.77. The number of nitriles is 1. The van der Waals surface area contributed by atoms with Crippen LogP contribution in [0, 0.1) is 11.3 Å². The van der Waals surface area contributed by atoms with Crippen molar-refractivity contribution in [3.05, 3.63) is 28.4 Å². The van der Waals surface area contributed by atoms with Crippen LogP contribution in [0.1, 0.15) is 31.0 Å². The van der Waals surface area contributed by atoms with Gasteiger partial charge in [0.1, 0.15) is 23.1 Å². The van der Waals surface area contributed by atoms with Crippen LogP contribution in [0.5, 0.6) is 0 Å². The van der Waals surface area contributed by atoms with Gasteiger partial charge in [0, 0.05) is 69.5 Å². The highest BCUT2D eigenvalue weighted by Crippen LogP contribution is 2.44. The second-order valence-corrected chi connectivity index (χ2v) is 9.90. The number of alkyl halides is 3. The number of anilines is 2. The van der Waals surface area contributed by atoms with Crippen molar-refractivity contribution >= 4 is 23.1 Å². The number of hydrogen-bond acceptors (Lipinski definition) is 7. The summed E-state index contributed by atoms with van der Waals surface area (Å²) in [6, 6.07) is 3.71. The summed E-state index contributed by atoms with van der Waals surface area (Å²) in [5, 5.41) is 13.6. The molecular formula is C23H28ClF3N6O. The first-order valence-corrected chi connectivity index (χ1v) is 12.1. The van der Waals surface area contributed by atoms with Gasteiger partial charge < -0.3 is 19.9 Å². The molecule has 7 nitrogen and oxygen atoms in total. The largest absolute Gasteiger partial charge is 0.434 e. The van der Waals surface area contributed by atoms with Crippen LogP contribution >= 0.6 is 11.6 Å². The van der Waals surface area contributed by atoms with E-state index in [0.29, 0.717) is 49.7 Å². The van der Waals surface area contributed by atoms with Gasteiger partial charge in [0.2, 0.25) is 0 Å². The fraction of sp³-hybridized carbons (Fsp3) is 0.652. The van der Waals surface area contributed by atoms with Crippen LogP contribution in [0.2, 0.25) is 0 Å². The molecule has 5 heterocycles. The van der Waals surface area contributed by atoms with Crippen molar-refractivity contribution in [2.24, 2.45) is 0 Å². The van der Waals surface area contributed by atoms with Crippen molar-refractivity contribution < 1.29 is 17.9 Å². The van der Waals surface area contributed by atoms with Gasteiger partial charge >= 0.3 is 6.18 Å². The number of rotatable bonds is 3. The predicted octanol–water partition coefficient (Wildman–Crippen LogP) is 2.95. The van der Waals surface area contributed by atoms with Gasteiger partial charge in [-0.05, 0) is 25.8 Å². The Balaban J connectivity index is 1.39. The zero-order chi connectivity index (χ0) is 24.1. The molecule has 4 aliphatic heterocycles. The molecular weight excluding hydrogens is 469 g/mol. The number of halogens is 4. The van der Waals surface area contributed by atoms with Gasteiger partial charge in [-0.1, -0.05) is 11.6 Å². The van der Waals surface area contributed by atoms with Crippen molar-refractivity contribution in [1.29, 1.82) is 5.26 Å². The normalized spacial score (nSPS) is 25.9. The maximum Gasteiger partial charge on any atom is 0.434 e. The Labute approximate surface area is 202 Å². The monoisotopic (exact) mass is 496 g/mol. The second-order valence-electron chi connectivity index (χ2n) is 9.50. The highest BCUT2D eigenvalue weighted by molar-refractivity contribution is 6.31. The van der Waals surface area contributed by atoms with Crippen molar-refractivity contribution in [1.82, 2.24) is 15.2 Å². The second kappa shape index (κ2) is 8.86. The fourth-order valence-electron chi connectivity index (χ4n) is 5.43. The number of pyridine rings is 1. The first-order valence-electron chi connectivity index (χ1n) is 11.7. The van der Waals surface area contributed by atoms with Gasteiger partial charge in [-0.15, -0.1) is 0 Å². The minimum Gasteiger partial charge on any atom is -0.367 e.